The molecular formula is C23H37N3O4. The molecule has 0 fully saturated rings. The van der Waals surface area contributed by atoms with Gasteiger partial charge >= 0.3 is 0 Å². The molecule has 0 bridgehead atoms. The number of carbonyl (C=O) groups is 3. The van der Waals surface area contributed by atoms with Crippen LogP contribution in [0.2, 0.25) is 0 Å². The van der Waals surface area contributed by atoms with E-state index in [1.165, 1.54) is 0 Å². The Morgan fingerprint density at radius 3 is 2.27 bits per heavy atom. The first-order chi connectivity index (χ1) is 14.1. The van der Waals surface area contributed by atoms with Gasteiger partial charge in [0.2, 0.25) is 12.3 Å². The SMILES string of the molecule is CCCCC(CN(O)C=O)C(=O)NC(C(=O)c1ccc(NCCC)cc1)C(C)(C)C. The van der Waals surface area contributed by atoms with Crippen molar-refractivity contribution in [3.63, 3.8) is 0 Å². The largest absolute Gasteiger partial charge is 0.385 e. The number of Topliss-reactive ketones (excluding diaryl/α,β-unsaturated/α-hetero) is 1. The van der Waals surface area contributed by atoms with Crippen LogP contribution in [0.4, 0.5) is 5.69 Å². The van der Waals surface area contributed by atoms with Gasteiger partial charge in [0.05, 0.1) is 18.5 Å². The Labute approximate surface area is 180 Å². The van der Waals surface area contributed by atoms with E-state index < -0.39 is 17.4 Å². The molecule has 0 radical (unpaired) electrons. The van der Waals surface area contributed by atoms with Crippen molar-refractivity contribution in [2.75, 3.05) is 18.4 Å². The highest BCUT2D eigenvalue weighted by Gasteiger charge is 2.35. The van der Waals surface area contributed by atoms with Gasteiger partial charge in [-0.2, -0.15) is 0 Å². The van der Waals surface area contributed by atoms with Gasteiger partial charge in [-0.15, -0.1) is 0 Å². The zero-order chi connectivity index (χ0) is 22.7. The molecule has 0 spiro atoms. The average molecular weight is 420 g/mol. The zero-order valence-electron chi connectivity index (χ0n) is 18.9. The smallest absolute Gasteiger partial charge is 0.233 e. The van der Waals surface area contributed by atoms with Crippen LogP contribution in [0.3, 0.4) is 0 Å². The standard InChI is InChI=1S/C23H37N3O4/c1-6-8-9-18(15-26(30)16-27)22(29)25-21(23(3,4)5)20(28)17-10-12-19(13-11-17)24-14-7-2/h10-13,16,18,21,24,30H,6-9,14-15H2,1-5H3,(H,25,29). The van der Waals surface area contributed by atoms with Gasteiger partial charge in [0.15, 0.2) is 5.78 Å². The van der Waals surface area contributed by atoms with E-state index in [1.54, 1.807) is 12.1 Å². The predicted octanol–water partition coefficient (Wildman–Crippen LogP) is 3.88. The van der Waals surface area contributed by atoms with Crippen LogP contribution in [-0.4, -0.2) is 47.5 Å². The second kappa shape index (κ2) is 12.3. The number of nitrogens with one attached hydrogen (secondary N) is 2. The van der Waals surface area contributed by atoms with E-state index in [4.69, 9.17) is 0 Å². The van der Waals surface area contributed by atoms with Crippen molar-refractivity contribution in [2.45, 2.75) is 66.3 Å². The quantitative estimate of drug-likeness (QED) is 0.195. The van der Waals surface area contributed by atoms with Crippen molar-refractivity contribution < 1.29 is 19.6 Å². The summed E-state index contributed by atoms with van der Waals surface area (Å²) in [5.74, 6) is -1.08. The molecule has 2 atom stereocenters. The third-order valence-corrected chi connectivity index (χ3v) is 4.97. The Morgan fingerprint density at radius 2 is 1.77 bits per heavy atom. The molecule has 0 saturated carbocycles. The molecule has 0 aliphatic carbocycles. The van der Waals surface area contributed by atoms with Crippen molar-refractivity contribution in [1.29, 1.82) is 0 Å². The van der Waals surface area contributed by atoms with Crippen LogP contribution >= 0.6 is 0 Å². The van der Waals surface area contributed by atoms with Crippen LogP contribution in [0.1, 0.15) is 70.7 Å². The summed E-state index contributed by atoms with van der Waals surface area (Å²) in [4.78, 5) is 36.9. The number of hydrogen-bond acceptors (Lipinski definition) is 5. The predicted molar refractivity (Wildman–Crippen MR) is 119 cm³/mol. The average Bonchev–Trinajstić information content (AvgIpc) is 2.72. The molecule has 1 aromatic carbocycles. The summed E-state index contributed by atoms with van der Waals surface area (Å²) in [5.41, 5.74) is 0.963. The highest BCUT2D eigenvalue weighted by molar-refractivity contribution is 6.02. The molecule has 0 aliphatic heterocycles. The lowest BCUT2D eigenvalue weighted by atomic mass is 9.81. The molecule has 168 valence electrons. The Hall–Kier alpha value is -2.41. The van der Waals surface area contributed by atoms with Crippen molar-refractivity contribution in [1.82, 2.24) is 10.4 Å². The van der Waals surface area contributed by atoms with Gasteiger partial charge in [0, 0.05) is 17.8 Å². The van der Waals surface area contributed by atoms with Crippen molar-refractivity contribution >= 4 is 23.8 Å². The summed E-state index contributed by atoms with van der Waals surface area (Å²) in [6.07, 6.45) is 3.48. The van der Waals surface area contributed by atoms with E-state index in [-0.39, 0.29) is 24.6 Å². The number of hydrogen-bond donors (Lipinski definition) is 3. The Balaban J connectivity index is 3.00. The maximum absolute atomic E-state index is 13.2. The molecule has 7 nitrogen and oxygen atoms in total. The van der Waals surface area contributed by atoms with Crippen molar-refractivity contribution in [3.05, 3.63) is 29.8 Å². The second-order valence-corrected chi connectivity index (χ2v) is 8.74. The van der Waals surface area contributed by atoms with E-state index in [9.17, 15) is 19.6 Å². The number of rotatable bonds is 13. The van der Waals surface area contributed by atoms with Gasteiger partial charge in [0.1, 0.15) is 0 Å². The number of carbonyl (C=O) groups excluding carboxylic acids is 3. The van der Waals surface area contributed by atoms with Gasteiger partial charge in [-0.25, -0.2) is 5.06 Å². The lowest BCUT2D eigenvalue weighted by Gasteiger charge is -2.32. The number of nitrogens with zero attached hydrogens (tertiary/aromatic N) is 1. The lowest BCUT2D eigenvalue weighted by Crippen LogP contribution is -2.52. The lowest BCUT2D eigenvalue weighted by molar-refractivity contribution is -0.154. The topological polar surface area (TPSA) is 98.7 Å². The van der Waals surface area contributed by atoms with Crippen molar-refractivity contribution in [2.24, 2.45) is 11.3 Å². The fourth-order valence-electron chi connectivity index (χ4n) is 3.15. The van der Waals surface area contributed by atoms with Crippen LogP contribution in [0, 0.1) is 11.3 Å². The highest BCUT2D eigenvalue weighted by Crippen LogP contribution is 2.24. The number of hydroxylamine groups is 2. The van der Waals surface area contributed by atoms with Gasteiger partial charge < -0.3 is 10.6 Å². The monoisotopic (exact) mass is 419 g/mol. The van der Waals surface area contributed by atoms with Gasteiger partial charge in [-0.05, 0) is 42.5 Å². The zero-order valence-corrected chi connectivity index (χ0v) is 18.9. The number of unbranched alkanes of at least 4 members (excludes halogenated alkanes) is 1. The van der Waals surface area contributed by atoms with Gasteiger partial charge in [-0.3, -0.25) is 19.6 Å². The first-order valence-corrected chi connectivity index (χ1v) is 10.7. The number of ketones is 1. The van der Waals surface area contributed by atoms with E-state index in [0.29, 0.717) is 17.0 Å². The Morgan fingerprint density at radius 1 is 1.13 bits per heavy atom. The molecule has 30 heavy (non-hydrogen) atoms. The molecule has 1 rings (SSSR count). The maximum Gasteiger partial charge on any atom is 0.233 e. The fraction of sp³-hybridized carbons (Fsp3) is 0.609. The normalized spacial score (nSPS) is 13.3. The Bertz CT molecular complexity index is 683. The van der Waals surface area contributed by atoms with Crippen LogP contribution in [0.5, 0.6) is 0 Å². The minimum Gasteiger partial charge on any atom is -0.385 e. The number of anilines is 1. The number of benzene rings is 1. The summed E-state index contributed by atoms with van der Waals surface area (Å²) in [6, 6.07) is 6.53. The van der Waals surface area contributed by atoms with Gasteiger partial charge in [-0.1, -0.05) is 47.5 Å². The third kappa shape index (κ3) is 8.14. The molecule has 2 unspecified atom stereocenters. The maximum atomic E-state index is 13.2. The minimum absolute atomic E-state index is 0.0990. The molecule has 0 saturated heterocycles. The summed E-state index contributed by atoms with van der Waals surface area (Å²) in [7, 11) is 0. The van der Waals surface area contributed by atoms with Crippen LogP contribution < -0.4 is 10.6 Å². The molecule has 2 amide bonds. The van der Waals surface area contributed by atoms with E-state index >= 15 is 0 Å². The molecule has 0 heterocycles. The molecule has 0 aliphatic rings. The molecular weight excluding hydrogens is 382 g/mol. The summed E-state index contributed by atoms with van der Waals surface area (Å²) >= 11 is 0. The van der Waals surface area contributed by atoms with E-state index in [1.807, 2.05) is 39.8 Å². The summed E-state index contributed by atoms with van der Waals surface area (Å²) in [6.45, 7) is 10.5. The Kier molecular flexibility index (Phi) is 10.5. The summed E-state index contributed by atoms with van der Waals surface area (Å²) in [5, 5.41) is 16.2. The molecule has 7 heteroatoms. The third-order valence-electron chi connectivity index (χ3n) is 4.97. The molecule has 1 aromatic rings. The van der Waals surface area contributed by atoms with Crippen molar-refractivity contribution in [3.8, 4) is 0 Å². The van der Waals surface area contributed by atoms with Crippen LogP contribution in [0.25, 0.3) is 0 Å². The highest BCUT2D eigenvalue weighted by atomic mass is 16.5. The van der Waals surface area contributed by atoms with Crippen LogP contribution in [-0.2, 0) is 9.59 Å². The molecule has 3 N–H and O–H groups in total. The van der Waals surface area contributed by atoms with E-state index in [2.05, 4.69) is 17.6 Å². The summed E-state index contributed by atoms with van der Waals surface area (Å²) < 4.78 is 0. The first-order valence-electron chi connectivity index (χ1n) is 10.7. The fourth-order valence-corrected chi connectivity index (χ4v) is 3.15. The first kappa shape index (κ1) is 25.6. The number of amides is 2. The second-order valence-electron chi connectivity index (χ2n) is 8.74. The molecule has 0 aromatic heterocycles. The van der Waals surface area contributed by atoms with E-state index in [0.717, 1.165) is 31.5 Å². The minimum atomic E-state index is -0.730. The van der Waals surface area contributed by atoms with Gasteiger partial charge in [0.25, 0.3) is 0 Å². The van der Waals surface area contributed by atoms with Crippen LogP contribution in [0.15, 0.2) is 24.3 Å².